The second-order valence-corrected chi connectivity index (χ2v) is 8.78. The lowest BCUT2D eigenvalue weighted by Crippen LogP contribution is -2.58. The van der Waals surface area contributed by atoms with Crippen molar-refractivity contribution in [1.29, 1.82) is 0 Å². The average molecular weight is 318 g/mol. The van der Waals surface area contributed by atoms with Crippen LogP contribution in [0.1, 0.15) is 59.8 Å². The van der Waals surface area contributed by atoms with E-state index in [0.717, 1.165) is 12.8 Å². The van der Waals surface area contributed by atoms with Crippen molar-refractivity contribution >= 4 is 5.97 Å². The zero-order valence-corrected chi connectivity index (χ0v) is 13.7. The van der Waals surface area contributed by atoms with E-state index in [0.29, 0.717) is 0 Å². The molecular formula is C17H25F3O2. The molecule has 1 saturated heterocycles. The van der Waals surface area contributed by atoms with Crippen LogP contribution in [0, 0.1) is 28.6 Å². The smallest absolute Gasteiger partial charge is 0.391 e. The van der Waals surface area contributed by atoms with E-state index in [2.05, 4.69) is 0 Å². The van der Waals surface area contributed by atoms with Gasteiger partial charge in [-0.3, -0.25) is 4.79 Å². The van der Waals surface area contributed by atoms with Crippen molar-refractivity contribution in [3.05, 3.63) is 0 Å². The third kappa shape index (κ3) is 2.18. The minimum Gasteiger partial charge on any atom is -0.459 e. The van der Waals surface area contributed by atoms with Crippen LogP contribution in [-0.4, -0.2) is 17.7 Å². The first-order valence-electron chi connectivity index (χ1n) is 8.17. The standard InChI is InChI=1S/C17H25F3O2/c1-14(2)8-10(17(18,19)20)9-15(3)11(14)5-6-16(4)12(15)7-13(21)22-16/h10-12H,5-9H2,1-4H3/t10-,11-,12+,15-,16+/m0/s1. The summed E-state index contributed by atoms with van der Waals surface area (Å²) in [5.41, 5.74) is -1.42. The molecule has 0 unspecified atom stereocenters. The first-order valence-corrected chi connectivity index (χ1v) is 8.17. The fraction of sp³-hybridized carbons (Fsp3) is 0.941. The molecule has 0 spiro atoms. The second kappa shape index (κ2) is 4.41. The molecule has 1 aliphatic heterocycles. The topological polar surface area (TPSA) is 26.3 Å². The molecule has 126 valence electrons. The van der Waals surface area contributed by atoms with Gasteiger partial charge in [0.2, 0.25) is 0 Å². The lowest BCUT2D eigenvalue weighted by Gasteiger charge is -2.61. The van der Waals surface area contributed by atoms with Crippen LogP contribution >= 0.6 is 0 Å². The number of carbonyl (C=O) groups excluding carboxylic acids is 1. The molecule has 1 heterocycles. The molecule has 0 N–H and O–H groups in total. The van der Waals surface area contributed by atoms with Gasteiger partial charge in [0.25, 0.3) is 0 Å². The van der Waals surface area contributed by atoms with Gasteiger partial charge in [0.1, 0.15) is 5.60 Å². The molecule has 0 amide bonds. The summed E-state index contributed by atoms with van der Waals surface area (Å²) in [6.45, 7) is 7.82. The molecule has 0 aromatic heterocycles. The summed E-state index contributed by atoms with van der Waals surface area (Å²) in [5.74, 6) is -1.41. The van der Waals surface area contributed by atoms with Crippen LogP contribution in [0.3, 0.4) is 0 Å². The maximum atomic E-state index is 13.4. The molecule has 2 nitrogen and oxygen atoms in total. The third-order valence-corrected chi connectivity index (χ3v) is 6.84. The predicted octanol–water partition coefficient (Wildman–Crippen LogP) is 4.72. The van der Waals surface area contributed by atoms with Gasteiger partial charge in [0.15, 0.2) is 0 Å². The van der Waals surface area contributed by atoms with E-state index in [9.17, 15) is 18.0 Å². The van der Waals surface area contributed by atoms with E-state index >= 15 is 0 Å². The largest absolute Gasteiger partial charge is 0.459 e. The molecule has 3 aliphatic rings. The van der Waals surface area contributed by atoms with E-state index in [1.807, 2.05) is 27.7 Å². The number of alkyl halides is 3. The molecule has 0 bridgehead atoms. The van der Waals surface area contributed by atoms with Crippen LogP contribution in [0.2, 0.25) is 0 Å². The maximum absolute atomic E-state index is 13.4. The lowest BCUT2D eigenvalue weighted by molar-refractivity contribution is -0.236. The number of halogens is 3. The average Bonchev–Trinajstić information content (AvgIpc) is 2.62. The summed E-state index contributed by atoms with van der Waals surface area (Å²) in [4.78, 5) is 11.8. The van der Waals surface area contributed by atoms with Crippen molar-refractivity contribution in [2.75, 3.05) is 0 Å². The summed E-state index contributed by atoms with van der Waals surface area (Å²) in [6, 6.07) is 0. The summed E-state index contributed by atoms with van der Waals surface area (Å²) in [6.07, 6.45) is -1.97. The molecule has 3 fully saturated rings. The van der Waals surface area contributed by atoms with Crippen molar-refractivity contribution in [2.45, 2.75) is 71.6 Å². The number of carbonyl (C=O) groups is 1. The quantitative estimate of drug-likeness (QED) is 0.604. The van der Waals surface area contributed by atoms with Crippen molar-refractivity contribution < 1.29 is 22.7 Å². The number of hydrogen-bond acceptors (Lipinski definition) is 2. The van der Waals surface area contributed by atoms with Crippen molar-refractivity contribution in [2.24, 2.45) is 28.6 Å². The van der Waals surface area contributed by atoms with E-state index in [1.54, 1.807) is 0 Å². The highest BCUT2D eigenvalue weighted by Crippen LogP contribution is 2.67. The van der Waals surface area contributed by atoms with E-state index in [1.165, 1.54) is 0 Å². The maximum Gasteiger partial charge on any atom is 0.391 e. The third-order valence-electron chi connectivity index (χ3n) is 6.84. The summed E-state index contributed by atoms with van der Waals surface area (Å²) < 4.78 is 45.8. The molecule has 5 atom stereocenters. The molecule has 0 radical (unpaired) electrons. The monoisotopic (exact) mass is 318 g/mol. The SMILES string of the molecule is CC1(C)C[C@H](C(F)(F)F)C[C@]2(C)[C@H]3CC(=O)O[C@]3(C)CC[C@@H]12. The van der Waals surface area contributed by atoms with Crippen LogP contribution < -0.4 is 0 Å². The highest BCUT2D eigenvalue weighted by atomic mass is 19.4. The Bertz CT molecular complexity index is 499. The van der Waals surface area contributed by atoms with Gasteiger partial charge in [-0.1, -0.05) is 20.8 Å². The Hall–Kier alpha value is -0.740. The number of fused-ring (bicyclic) bond motifs is 3. The highest BCUT2D eigenvalue weighted by molar-refractivity contribution is 5.73. The zero-order valence-electron chi connectivity index (χ0n) is 13.7. The van der Waals surface area contributed by atoms with E-state index < -0.39 is 23.1 Å². The Kier molecular flexibility index (Phi) is 3.24. The van der Waals surface area contributed by atoms with Crippen molar-refractivity contribution in [3.63, 3.8) is 0 Å². The van der Waals surface area contributed by atoms with Gasteiger partial charge in [0, 0.05) is 5.92 Å². The molecule has 0 aromatic rings. The van der Waals surface area contributed by atoms with Crippen LogP contribution in [0.25, 0.3) is 0 Å². The number of ether oxygens (including phenoxy) is 1. The fourth-order valence-corrected chi connectivity index (χ4v) is 6.09. The summed E-state index contributed by atoms with van der Waals surface area (Å²) >= 11 is 0. The second-order valence-electron chi connectivity index (χ2n) is 8.78. The summed E-state index contributed by atoms with van der Waals surface area (Å²) in [5, 5.41) is 0. The van der Waals surface area contributed by atoms with Gasteiger partial charge >= 0.3 is 12.1 Å². The van der Waals surface area contributed by atoms with Crippen LogP contribution in [-0.2, 0) is 9.53 Å². The molecule has 2 saturated carbocycles. The van der Waals surface area contributed by atoms with Crippen LogP contribution in [0.15, 0.2) is 0 Å². The van der Waals surface area contributed by atoms with E-state index in [4.69, 9.17) is 4.74 Å². The Morgan fingerprint density at radius 3 is 2.32 bits per heavy atom. The number of hydrogen-bond donors (Lipinski definition) is 0. The Morgan fingerprint density at radius 1 is 1.09 bits per heavy atom. The first-order chi connectivity index (χ1) is 9.88. The van der Waals surface area contributed by atoms with Gasteiger partial charge in [-0.15, -0.1) is 0 Å². The zero-order chi connectivity index (χ0) is 16.6. The predicted molar refractivity (Wildman–Crippen MR) is 76.0 cm³/mol. The molecule has 0 aromatic carbocycles. The Labute approximate surface area is 129 Å². The minimum atomic E-state index is -4.16. The molecule has 2 aliphatic carbocycles. The number of rotatable bonds is 0. The normalized spacial score (nSPS) is 47.6. The lowest BCUT2D eigenvalue weighted by atomic mass is 9.44. The van der Waals surface area contributed by atoms with Gasteiger partial charge in [-0.25, -0.2) is 0 Å². The molecule has 3 rings (SSSR count). The van der Waals surface area contributed by atoms with Crippen molar-refractivity contribution in [3.8, 4) is 0 Å². The van der Waals surface area contributed by atoms with Crippen LogP contribution in [0.4, 0.5) is 13.2 Å². The van der Waals surface area contributed by atoms with Gasteiger partial charge in [-0.05, 0) is 49.4 Å². The van der Waals surface area contributed by atoms with Gasteiger partial charge < -0.3 is 4.74 Å². The molecule has 5 heteroatoms. The van der Waals surface area contributed by atoms with Crippen LogP contribution in [0.5, 0.6) is 0 Å². The van der Waals surface area contributed by atoms with Crippen molar-refractivity contribution in [1.82, 2.24) is 0 Å². The highest BCUT2D eigenvalue weighted by Gasteiger charge is 2.66. The molecule has 22 heavy (non-hydrogen) atoms. The summed E-state index contributed by atoms with van der Waals surface area (Å²) in [7, 11) is 0. The minimum absolute atomic E-state index is 0.101. The number of esters is 1. The van der Waals surface area contributed by atoms with Gasteiger partial charge in [-0.2, -0.15) is 13.2 Å². The fourth-order valence-electron chi connectivity index (χ4n) is 6.09. The Morgan fingerprint density at radius 2 is 1.73 bits per heavy atom. The van der Waals surface area contributed by atoms with Gasteiger partial charge in [0.05, 0.1) is 12.3 Å². The first kappa shape index (κ1) is 16.1. The van der Waals surface area contributed by atoms with E-state index in [-0.39, 0.29) is 42.5 Å². The Balaban J connectivity index is 2.02. The molecular weight excluding hydrogens is 293 g/mol.